The van der Waals surface area contributed by atoms with E-state index in [2.05, 4.69) is 15.1 Å². The smallest absolute Gasteiger partial charge is 0.263 e. The molecule has 170 valence electrons. The number of carbonyl (C=O) groups excluding carboxylic acids is 1. The lowest BCUT2D eigenvalue weighted by atomic mass is 9.88. The molecule has 1 aromatic heterocycles. The van der Waals surface area contributed by atoms with Crippen LogP contribution in [-0.2, 0) is 10.0 Å². The van der Waals surface area contributed by atoms with Crippen molar-refractivity contribution in [1.82, 2.24) is 15.1 Å². The highest BCUT2D eigenvalue weighted by atomic mass is 32.2. The summed E-state index contributed by atoms with van der Waals surface area (Å²) in [5.74, 6) is -0.276. The van der Waals surface area contributed by atoms with Crippen LogP contribution < -0.4 is 10.0 Å². The standard InChI is InChI=1S/C24H30N4O3S/c1-16-12-14-20(15-13-16)32(30,31)27-22-21(23(29)25-18(3)24(4,5)6)17(2)26-28(22)19-10-8-7-9-11-19/h7-15,18,27H,1-6H3,(H,25,29)/t18-/m1/s1. The summed E-state index contributed by atoms with van der Waals surface area (Å²) in [7, 11) is -3.95. The molecule has 1 amide bonds. The summed E-state index contributed by atoms with van der Waals surface area (Å²) in [6.07, 6.45) is 0. The number of benzene rings is 2. The fourth-order valence-electron chi connectivity index (χ4n) is 3.04. The quantitative estimate of drug-likeness (QED) is 0.575. The van der Waals surface area contributed by atoms with Crippen LogP contribution in [0.1, 0.15) is 49.3 Å². The van der Waals surface area contributed by atoms with Crippen LogP contribution in [0.5, 0.6) is 0 Å². The van der Waals surface area contributed by atoms with Gasteiger partial charge in [-0.25, -0.2) is 13.1 Å². The van der Waals surface area contributed by atoms with E-state index in [1.54, 1.807) is 31.2 Å². The average Bonchev–Trinajstić information content (AvgIpc) is 3.03. The maximum atomic E-state index is 13.3. The number of para-hydroxylation sites is 1. The van der Waals surface area contributed by atoms with Crippen LogP contribution in [0, 0.1) is 19.3 Å². The van der Waals surface area contributed by atoms with Gasteiger partial charge in [0.2, 0.25) is 0 Å². The van der Waals surface area contributed by atoms with Crippen LogP contribution in [0.2, 0.25) is 0 Å². The normalized spacial score (nSPS) is 12.9. The predicted octanol–water partition coefficient (Wildman–Crippen LogP) is 4.45. The Balaban J connectivity index is 2.11. The number of aryl methyl sites for hydroxylation is 2. The average molecular weight is 455 g/mol. The summed E-state index contributed by atoms with van der Waals surface area (Å²) in [6, 6.07) is 15.5. The summed E-state index contributed by atoms with van der Waals surface area (Å²) in [4.78, 5) is 13.4. The highest BCUT2D eigenvalue weighted by Gasteiger charge is 2.29. The topological polar surface area (TPSA) is 93.1 Å². The first-order valence-electron chi connectivity index (χ1n) is 10.5. The molecule has 32 heavy (non-hydrogen) atoms. The number of anilines is 1. The first kappa shape index (κ1) is 23.5. The third kappa shape index (κ3) is 5.02. The van der Waals surface area contributed by atoms with Gasteiger partial charge in [-0.1, -0.05) is 56.7 Å². The molecule has 7 nitrogen and oxygen atoms in total. The molecule has 0 spiro atoms. The largest absolute Gasteiger partial charge is 0.349 e. The van der Waals surface area contributed by atoms with Crippen LogP contribution in [0.3, 0.4) is 0 Å². The van der Waals surface area contributed by atoms with E-state index < -0.39 is 10.0 Å². The summed E-state index contributed by atoms with van der Waals surface area (Å²) in [6.45, 7) is 11.6. The molecule has 8 heteroatoms. The van der Waals surface area contributed by atoms with Crippen molar-refractivity contribution in [3.8, 4) is 5.69 Å². The Labute approximate surface area is 189 Å². The first-order valence-corrected chi connectivity index (χ1v) is 11.9. The van der Waals surface area contributed by atoms with Gasteiger partial charge in [0.25, 0.3) is 15.9 Å². The number of sulfonamides is 1. The molecule has 1 heterocycles. The molecule has 0 bridgehead atoms. The van der Waals surface area contributed by atoms with Crippen LogP contribution in [0.4, 0.5) is 5.82 Å². The van der Waals surface area contributed by atoms with E-state index in [0.29, 0.717) is 11.4 Å². The highest BCUT2D eigenvalue weighted by Crippen LogP contribution is 2.28. The minimum absolute atomic E-state index is 0.105. The lowest BCUT2D eigenvalue weighted by Crippen LogP contribution is -2.41. The number of nitrogens with zero attached hydrogens (tertiary/aromatic N) is 2. The van der Waals surface area contributed by atoms with Crippen molar-refractivity contribution < 1.29 is 13.2 Å². The third-order valence-electron chi connectivity index (χ3n) is 5.50. The van der Waals surface area contributed by atoms with Crippen molar-refractivity contribution in [3.05, 3.63) is 71.4 Å². The van der Waals surface area contributed by atoms with Gasteiger partial charge in [-0.3, -0.25) is 9.52 Å². The Bertz CT molecular complexity index is 1210. The number of amides is 1. The number of nitrogens with one attached hydrogen (secondary N) is 2. The van der Waals surface area contributed by atoms with Crippen LogP contribution in [0.25, 0.3) is 5.69 Å². The SMILES string of the molecule is Cc1ccc(S(=O)(=O)Nc2c(C(=O)N[C@H](C)C(C)(C)C)c(C)nn2-c2ccccc2)cc1. The number of rotatable bonds is 6. The van der Waals surface area contributed by atoms with E-state index >= 15 is 0 Å². The highest BCUT2D eigenvalue weighted by molar-refractivity contribution is 7.92. The van der Waals surface area contributed by atoms with E-state index in [4.69, 9.17) is 0 Å². The summed E-state index contributed by atoms with van der Waals surface area (Å²) in [5.41, 5.74) is 2.04. The second-order valence-corrected chi connectivity index (χ2v) is 10.7. The number of hydrogen-bond acceptors (Lipinski definition) is 4. The molecule has 0 fully saturated rings. The van der Waals surface area contributed by atoms with Gasteiger partial charge in [0.15, 0.2) is 5.82 Å². The van der Waals surface area contributed by atoms with Crippen molar-refractivity contribution in [2.75, 3.05) is 4.72 Å². The van der Waals surface area contributed by atoms with Crippen molar-refractivity contribution in [2.24, 2.45) is 5.41 Å². The van der Waals surface area contributed by atoms with Crippen molar-refractivity contribution in [1.29, 1.82) is 0 Å². The van der Waals surface area contributed by atoms with E-state index in [-0.39, 0.29) is 33.6 Å². The Kier molecular flexibility index (Phi) is 6.46. The summed E-state index contributed by atoms with van der Waals surface area (Å²) < 4.78 is 30.4. The van der Waals surface area contributed by atoms with Crippen molar-refractivity contribution in [2.45, 2.75) is 52.5 Å². The van der Waals surface area contributed by atoms with E-state index in [1.165, 1.54) is 16.8 Å². The number of carbonyl (C=O) groups is 1. The Morgan fingerprint density at radius 1 is 1.00 bits per heavy atom. The summed E-state index contributed by atoms with van der Waals surface area (Å²) >= 11 is 0. The zero-order valence-corrected chi connectivity index (χ0v) is 20.1. The van der Waals surface area contributed by atoms with E-state index in [9.17, 15) is 13.2 Å². The molecule has 0 radical (unpaired) electrons. The third-order valence-corrected chi connectivity index (χ3v) is 6.85. The van der Waals surface area contributed by atoms with E-state index in [1.807, 2.05) is 52.8 Å². The lowest BCUT2D eigenvalue weighted by Gasteiger charge is -2.28. The van der Waals surface area contributed by atoms with Gasteiger partial charge in [0, 0.05) is 6.04 Å². The zero-order valence-electron chi connectivity index (χ0n) is 19.3. The minimum Gasteiger partial charge on any atom is -0.349 e. The van der Waals surface area contributed by atoms with Crippen LogP contribution >= 0.6 is 0 Å². The second-order valence-electron chi connectivity index (χ2n) is 9.04. The number of aromatic nitrogens is 2. The van der Waals surface area contributed by atoms with Gasteiger partial charge in [0.1, 0.15) is 5.56 Å². The minimum atomic E-state index is -3.95. The molecule has 0 saturated carbocycles. The van der Waals surface area contributed by atoms with Crippen molar-refractivity contribution >= 4 is 21.7 Å². The molecule has 0 aliphatic heterocycles. The molecular weight excluding hydrogens is 424 g/mol. The molecule has 0 unspecified atom stereocenters. The summed E-state index contributed by atoms with van der Waals surface area (Å²) in [5, 5.41) is 7.48. The first-order chi connectivity index (χ1) is 14.9. The molecule has 0 saturated heterocycles. The fraction of sp³-hybridized carbons (Fsp3) is 0.333. The van der Waals surface area contributed by atoms with Gasteiger partial charge in [-0.05, 0) is 50.5 Å². The molecule has 3 rings (SSSR count). The predicted molar refractivity (Wildman–Crippen MR) is 127 cm³/mol. The Morgan fingerprint density at radius 3 is 2.16 bits per heavy atom. The molecule has 1 atom stereocenters. The maximum Gasteiger partial charge on any atom is 0.263 e. The molecular formula is C24H30N4O3S. The van der Waals surface area contributed by atoms with Gasteiger partial charge in [-0.15, -0.1) is 0 Å². The zero-order chi connectivity index (χ0) is 23.7. The lowest BCUT2D eigenvalue weighted by molar-refractivity contribution is 0.0910. The molecule has 2 aromatic carbocycles. The second kappa shape index (κ2) is 8.78. The Hall–Kier alpha value is -3.13. The molecule has 0 aliphatic rings. The van der Waals surface area contributed by atoms with Crippen LogP contribution in [-0.4, -0.2) is 30.1 Å². The van der Waals surface area contributed by atoms with Crippen LogP contribution in [0.15, 0.2) is 59.5 Å². The maximum absolute atomic E-state index is 13.3. The molecule has 3 aromatic rings. The van der Waals surface area contributed by atoms with Gasteiger partial charge in [-0.2, -0.15) is 5.10 Å². The van der Waals surface area contributed by atoms with E-state index in [0.717, 1.165) is 5.56 Å². The van der Waals surface area contributed by atoms with Gasteiger partial charge in [0.05, 0.1) is 16.3 Å². The number of hydrogen-bond donors (Lipinski definition) is 2. The van der Waals surface area contributed by atoms with Gasteiger partial charge >= 0.3 is 0 Å². The van der Waals surface area contributed by atoms with Gasteiger partial charge < -0.3 is 5.32 Å². The molecule has 0 aliphatic carbocycles. The monoisotopic (exact) mass is 454 g/mol. The van der Waals surface area contributed by atoms with Crippen molar-refractivity contribution in [3.63, 3.8) is 0 Å². The Morgan fingerprint density at radius 2 is 1.59 bits per heavy atom. The molecule has 2 N–H and O–H groups in total. The fourth-order valence-corrected chi connectivity index (χ4v) is 4.09.